The number of fused-ring (bicyclic) bond motifs is 1. The quantitative estimate of drug-likeness (QED) is 0.441. The van der Waals surface area contributed by atoms with Gasteiger partial charge in [-0.05, 0) is 45.2 Å². The van der Waals surface area contributed by atoms with Gasteiger partial charge in [0, 0.05) is 17.0 Å². The van der Waals surface area contributed by atoms with E-state index in [0.29, 0.717) is 34.1 Å². The summed E-state index contributed by atoms with van der Waals surface area (Å²) in [6, 6.07) is 6.80. The highest BCUT2D eigenvalue weighted by Gasteiger charge is 2.44. The summed E-state index contributed by atoms with van der Waals surface area (Å²) in [6.45, 7) is 6.01. The summed E-state index contributed by atoms with van der Waals surface area (Å²) in [5, 5.41) is 13.5. The molecule has 1 aromatic carbocycles. The van der Waals surface area contributed by atoms with Crippen LogP contribution in [0, 0.1) is 23.7 Å². The number of hydrogen-bond donors (Lipinski definition) is 2. The third-order valence-corrected chi connectivity index (χ3v) is 7.01. The molecule has 2 atom stereocenters. The highest BCUT2D eigenvalue weighted by Crippen LogP contribution is 2.45. The molecule has 3 aromatic rings. The molecule has 2 aromatic heterocycles. The minimum atomic E-state index is -0.498. The van der Waals surface area contributed by atoms with Crippen molar-refractivity contribution in [2.45, 2.75) is 52.1 Å². The summed E-state index contributed by atoms with van der Waals surface area (Å²) in [5.41, 5.74) is 0.289. The summed E-state index contributed by atoms with van der Waals surface area (Å²) >= 11 is 6.44. The number of carbonyl (C=O) groups excluding carboxylic acids is 1. The highest BCUT2D eigenvalue weighted by atomic mass is 35.5. The topological polar surface area (TPSA) is 146 Å². The van der Waals surface area contributed by atoms with Crippen molar-refractivity contribution in [3.63, 3.8) is 0 Å². The molecule has 0 spiro atoms. The number of halogens is 1. The second-order valence-electron chi connectivity index (χ2n) is 9.49. The van der Waals surface area contributed by atoms with Crippen LogP contribution in [0.4, 0.5) is 16.7 Å². The minimum absolute atomic E-state index is 0.156. The number of aromatic amines is 1. The van der Waals surface area contributed by atoms with Crippen LogP contribution >= 0.6 is 11.6 Å². The Bertz CT molecular complexity index is 1480. The average molecular weight is 524 g/mol. The fourth-order valence-corrected chi connectivity index (χ4v) is 4.46. The van der Waals surface area contributed by atoms with E-state index in [1.54, 1.807) is 25.1 Å². The Morgan fingerprint density at radius 3 is 2.81 bits per heavy atom. The molecule has 1 saturated carbocycles. The fraction of sp³-hybridized carbons (Fsp3) is 0.440. The number of nitrogens with zero attached hydrogens (tertiary/aromatic N) is 5. The summed E-state index contributed by atoms with van der Waals surface area (Å²) < 4.78 is 11.0. The number of rotatable bonds is 8. The number of carbonyl (C=O) groups is 1. The van der Waals surface area contributed by atoms with Gasteiger partial charge in [-0.1, -0.05) is 18.5 Å². The maximum atomic E-state index is 13.0. The van der Waals surface area contributed by atoms with E-state index in [2.05, 4.69) is 31.3 Å². The first kappa shape index (κ1) is 24.8. The van der Waals surface area contributed by atoms with Gasteiger partial charge in [-0.2, -0.15) is 20.2 Å². The van der Waals surface area contributed by atoms with Crippen LogP contribution in [0.25, 0.3) is 10.9 Å². The molecule has 3 heterocycles. The Morgan fingerprint density at radius 2 is 2.11 bits per heavy atom. The third kappa shape index (κ3) is 4.89. The van der Waals surface area contributed by atoms with Crippen LogP contribution in [0.3, 0.4) is 0 Å². The second kappa shape index (κ2) is 9.52. The normalized spacial score (nSPS) is 18.8. The molecule has 5 rings (SSSR count). The molecule has 192 valence electrons. The van der Waals surface area contributed by atoms with Crippen molar-refractivity contribution in [1.82, 2.24) is 19.9 Å². The van der Waals surface area contributed by atoms with Gasteiger partial charge in [0.15, 0.2) is 0 Å². The molecule has 1 aliphatic carbocycles. The lowest BCUT2D eigenvalue weighted by Gasteiger charge is -2.20. The van der Waals surface area contributed by atoms with Gasteiger partial charge in [-0.15, -0.1) is 0 Å². The van der Waals surface area contributed by atoms with Crippen molar-refractivity contribution in [2.24, 2.45) is 5.41 Å². The highest BCUT2D eigenvalue weighted by molar-refractivity contribution is 6.32. The Hall–Kier alpha value is -3.91. The van der Waals surface area contributed by atoms with Crippen molar-refractivity contribution < 1.29 is 14.3 Å². The third-order valence-electron chi connectivity index (χ3n) is 6.72. The molecule has 1 aliphatic heterocycles. The van der Waals surface area contributed by atoms with Gasteiger partial charge in [0.2, 0.25) is 11.9 Å². The molecule has 0 unspecified atom stereocenters. The maximum absolute atomic E-state index is 13.0. The number of aryl methyl sites for hydroxylation is 1. The van der Waals surface area contributed by atoms with Gasteiger partial charge in [0.25, 0.3) is 5.56 Å². The summed E-state index contributed by atoms with van der Waals surface area (Å²) in [6.07, 6.45) is 1.81. The second-order valence-corrected chi connectivity index (χ2v) is 9.89. The van der Waals surface area contributed by atoms with E-state index in [4.69, 9.17) is 21.1 Å². The van der Waals surface area contributed by atoms with Gasteiger partial charge < -0.3 is 19.8 Å². The van der Waals surface area contributed by atoms with Crippen LogP contribution in [-0.2, 0) is 4.74 Å². The van der Waals surface area contributed by atoms with Crippen molar-refractivity contribution in [1.29, 1.82) is 5.26 Å². The lowest BCUT2D eigenvalue weighted by atomic mass is 10.1. The molecule has 2 aliphatic rings. The minimum Gasteiger partial charge on any atom is -0.490 e. The number of H-pyrrole nitrogens is 1. The lowest BCUT2D eigenvalue weighted by Crippen LogP contribution is -2.35. The van der Waals surface area contributed by atoms with Crippen LogP contribution in [0.2, 0.25) is 5.02 Å². The van der Waals surface area contributed by atoms with Gasteiger partial charge in [-0.25, -0.2) is 9.69 Å². The predicted octanol–water partition coefficient (Wildman–Crippen LogP) is 4.27. The molecular formula is C25H26ClN7O4. The fourth-order valence-electron chi connectivity index (χ4n) is 4.23. The molecule has 37 heavy (non-hydrogen) atoms. The summed E-state index contributed by atoms with van der Waals surface area (Å²) in [4.78, 5) is 42.6. The predicted molar refractivity (Wildman–Crippen MR) is 137 cm³/mol. The standard InChI is InChI=1S/C25H26ClN7O4/c1-4-16-10-36-24(35)33(16)23-30-14(3)29-22(32-23)28-13(2)17-7-15-8-18(26)20(9-19(15)31-21(17)34)37-12-25(11-27)5-6-25/h7-9,13,16H,4-6,10,12H2,1-3H3,(H,31,34)(H,28,29,30,32)/t13-,16-/m0/s1. The van der Waals surface area contributed by atoms with Gasteiger partial charge in [0.1, 0.15) is 24.8 Å². The first-order valence-electron chi connectivity index (χ1n) is 12.1. The molecule has 0 radical (unpaired) electrons. The van der Waals surface area contributed by atoms with Crippen LogP contribution in [-0.4, -0.2) is 45.3 Å². The summed E-state index contributed by atoms with van der Waals surface area (Å²) in [5.74, 6) is 1.28. The number of amides is 1. The number of aromatic nitrogens is 4. The van der Waals surface area contributed by atoms with E-state index in [0.717, 1.165) is 18.2 Å². The van der Waals surface area contributed by atoms with E-state index in [1.165, 1.54) is 4.90 Å². The largest absolute Gasteiger partial charge is 0.490 e. The molecule has 2 fully saturated rings. The molecule has 0 bridgehead atoms. The van der Waals surface area contributed by atoms with Crippen LogP contribution in [0.5, 0.6) is 5.75 Å². The summed E-state index contributed by atoms with van der Waals surface area (Å²) in [7, 11) is 0. The monoisotopic (exact) mass is 523 g/mol. The van der Waals surface area contributed by atoms with Crippen LogP contribution < -0.4 is 20.5 Å². The van der Waals surface area contributed by atoms with E-state index < -0.39 is 17.6 Å². The van der Waals surface area contributed by atoms with Gasteiger partial charge in [-0.3, -0.25) is 4.79 Å². The van der Waals surface area contributed by atoms with Crippen molar-refractivity contribution in [3.05, 3.63) is 45.0 Å². The number of nitrogens with one attached hydrogen (secondary N) is 2. The molecule has 2 N–H and O–H groups in total. The van der Waals surface area contributed by atoms with E-state index in [9.17, 15) is 14.9 Å². The van der Waals surface area contributed by atoms with Gasteiger partial charge in [0.05, 0.1) is 34.1 Å². The molecule has 12 heteroatoms. The number of pyridine rings is 1. The molecule has 11 nitrogen and oxygen atoms in total. The number of ether oxygens (including phenoxy) is 2. The van der Waals surface area contributed by atoms with E-state index in [-0.39, 0.29) is 36.7 Å². The molecular weight excluding hydrogens is 498 g/mol. The van der Waals surface area contributed by atoms with E-state index >= 15 is 0 Å². The van der Waals surface area contributed by atoms with Crippen molar-refractivity contribution in [2.75, 3.05) is 23.4 Å². The van der Waals surface area contributed by atoms with Crippen LogP contribution in [0.15, 0.2) is 23.0 Å². The molecule has 1 saturated heterocycles. The number of anilines is 2. The zero-order chi connectivity index (χ0) is 26.3. The average Bonchev–Trinajstić information content (AvgIpc) is 3.55. The Morgan fingerprint density at radius 1 is 1.32 bits per heavy atom. The number of cyclic esters (lactones) is 1. The number of benzene rings is 1. The smallest absolute Gasteiger partial charge is 0.417 e. The van der Waals surface area contributed by atoms with E-state index in [1.807, 2.05) is 13.8 Å². The Kier molecular flexibility index (Phi) is 6.37. The van der Waals surface area contributed by atoms with Crippen LogP contribution in [0.1, 0.15) is 50.5 Å². The zero-order valence-electron chi connectivity index (χ0n) is 20.7. The maximum Gasteiger partial charge on any atom is 0.417 e. The number of hydrogen-bond acceptors (Lipinski definition) is 9. The van der Waals surface area contributed by atoms with Gasteiger partial charge >= 0.3 is 6.09 Å². The molecule has 1 amide bonds. The Balaban J connectivity index is 1.39. The Labute approximate surface area is 217 Å². The SMILES string of the molecule is CC[C@H]1COC(=O)N1c1nc(C)nc(N[C@@H](C)c2cc3cc(Cl)c(OCC4(C#N)CC4)cc3[nH]c2=O)n1. The lowest BCUT2D eigenvalue weighted by molar-refractivity contribution is 0.178. The zero-order valence-corrected chi connectivity index (χ0v) is 21.4. The number of nitriles is 1. The first-order valence-corrected chi connectivity index (χ1v) is 12.5. The van der Waals surface area contributed by atoms with Crippen molar-refractivity contribution in [3.8, 4) is 11.8 Å². The first-order chi connectivity index (χ1) is 17.7. The van der Waals surface area contributed by atoms with Crippen molar-refractivity contribution >= 4 is 40.5 Å².